The lowest BCUT2D eigenvalue weighted by atomic mass is 10.2. The molecule has 3 rings (SSSR count). The first-order valence-corrected chi connectivity index (χ1v) is 8.79. The number of nitrogens with one attached hydrogen (secondary N) is 1. The van der Waals surface area contributed by atoms with Crippen LogP contribution in [0, 0.1) is 0 Å². The van der Waals surface area contributed by atoms with Crippen LogP contribution in [0.25, 0.3) is 11.4 Å². The monoisotopic (exact) mass is 329 g/mol. The Kier molecular flexibility index (Phi) is 4.12. The van der Waals surface area contributed by atoms with Crippen molar-refractivity contribution in [2.75, 3.05) is 6.26 Å². The minimum absolute atomic E-state index is 0.272. The third-order valence-corrected chi connectivity index (χ3v) is 4.36. The van der Waals surface area contributed by atoms with E-state index in [0.717, 1.165) is 17.0 Å². The van der Waals surface area contributed by atoms with Crippen molar-refractivity contribution in [2.24, 2.45) is 0 Å². The molecule has 1 aromatic carbocycles. The Hall–Kier alpha value is -2.67. The van der Waals surface area contributed by atoms with Crippen LogP contribution in [0.1, 0.15) is 5.56 Å². The maximum absolute atomic E-state index is 11.6. The summed E-state index contributed by atoms with van der Waals surface area (Å²) in [5.41, 5.74) is 2.39. The van der Waals surface area contributed by atoms with Crippen LogP contribution in [-0.4, -0.2) is 29.9 Å². The van der Waals surface area contributed by atoms with Crippen molar-refractivity contribution in [3.05, 3.63) is 60.4 Å². The summed E-state index contributed by atoms with van der Waals surface area (Å²) >= 11 is 0. The van der Waals surface area contributed by atoms with E-state index in [2.05, 4.69) is 15.2 Å². The Morgan fingerprint density at radius 1 is 1.17 bits per heavy atom. The van der Waals surface area contributed by atoms with Gasteiger partial charge in [0.05, 0.1) is 22.5 Å². The molecular formula is C16H15N3O3S. The summed E-state index contributed by atoms with van der Waals surface area (Å²) in [7, 11) is -3.22. The van der Waals surface area contributed by atoms with E-state index >= 15 is 0 Å². The number of hydrogen-bond donors (Lipinski definition) is 1. The average molecular weight is 329 g/mol. The molecule has 2 aromatic heterocycles. The highest BCUT2D eigenvalue weighted by atomic mass is 32.2. The van der Waals surface area contributed by atoms with Gasteiger partial charge in [-0.25, -0.2) is 8.42 Å². The molecule has 118 valence electrons. The van der Waals surface area contributed by atoms with Crippen LogP contribution in [0.2, 0.25) is 0 Å². The van der Waals surface area contributed by atoms with Gasteiger partial charge in [0, 0.05) is 12.5 Å². The van der Waals surface area contributed by atoms with E-state index in [9.17, 15) is 8.42 Å². The second-order valence-electron chi connectivity index (χ2n) is 5.06. The lowest BCUT2D eigenvalue weighted by molar-refractivity contribution is 0.305. The number of hydrogen-bond acceptors (Lipinski definition) is 5. The second-order valence-corrected chi connectivity index (χ2v) is 7.07. The first-order chi connectivity index (χ1) is 11.0. The molecule has 1 N–H and O–H groups in total. The minimum Gasteiger partial charge on any atom is -0.487 e. The first-order valence-electron chi connectivity index (χ1n) is 6.90. The summed E-state index contributed by atoms with van der Waals surface area (Å²) in [5, 5.41) is 6.72. The summed E-state index contributed by atoms with van der Waals surface area (Å²) in [6, 6.07) is 12.2. The second kappa shape index (κ2) is 6.21. The predicted molar refractivity (Wildman–Crippen MR) is 85.7 cm³/mol. The Bertz CT molecular complexity index is 889. The molecule has 0 saturated carbocycles. The van der Waals surface area contributed by atoms with Crippen molar-refractivity contribution in [3.8, 4) is 17.1 Å². The number of sulfone groups is 1. The maximum Gasteiger partial charge on any atom is 0.175 e. The van der Waals surface area contributed by atoms with Gasteiger partial charge in [0.25, 0.3) is 0 Å². The molecular weight excluding hydrogens is 314 g/mol. The Morgan fingerprint density at radius 3 is 2.70 bits per heavy atom. The molecule has 0 bridgehead atoms. The highest BCUT2D eigenvalue weighted by Crippen LogP contribution is 2.18. The van der Waals surface area contributed by atoms with Gasteiger partial charge in [0.2, 0.25) is 0 Å². The van der Waals surface area contributed by atoms with E-state index in [0.29, 0.717) is 5.75 Å². The normalized spacial score (nSPS) is 11.3. The Labute approximate surface area is 134 Å². The van der Waals surface area contributed by atoms with Crippen LogP contribution < -0.4 is 4.74 Å². The number of aromatic amines is 1. The average Bonchev–Trinajstić information content (AvgIpc) is 3.07. The molecule has 0 saturated heterocycles. The molecule has 3 aromatic rings. The van der Waals surface area contributed by atoms with Crippen LogP contribution in [0.4, 0.5) is 0 Å². The minimum atomic E-state index is -3.22. The molecule has 0 spiro atoms. The van der Waals surface area contributed by atoms with E-state index in [1.807, 2.05) is 24.3 Å². The van der Waals surface area contributed by atoms with Crippen molar-refractivity contribution >= 4 is 9.84 Å². The third kappa shape index (κ3) is 3.75. The van der Waals surface area contributed by atoms with E-state index < -0.39 is 9.84 Å². The zero-order valence-corrected chi connectivity index (χ0v) is 13.2. The van der Waals surface area contributed by atoms with E-state index in [-0.39, 0.29) is 11.5 Å². The van der Waals surface area contributed by atoms with Gasteiger partial charge in [0.15, 0.2) is 9.84 Å². The van der Waals surface area contributed by atoms with Gasteiger partial charge in [-0.3, -0.25) is 10.1 Å². The number of H-pyrrole nitrogens is 1. The fourth-order valence-electron chi connectivity index (χ4n) is 2.06. The number of benzene rings is 1. The van der Waals surface area contributed by atoms with Gasteiger partial charge < -0.3 is 4.74 Å². The summed E-state index contributed by atoms with van der Waals surface area (Å²) in [6.45, 7) is 0.272. The number of pyridine rings is 1. The lowest BCUT2D eigenvalue weighted by Crippen LogP contribution is -2.00. The molecule has 0 aliphatic rings. The molecule has 23 heavy (non-hydrogen) atoms. The van der Waals surface area contributed by atoms with Crippen molar-refractivity contribution in [1.29, 1.82) is 0 Å². The highest BCUT2D eigenvalue weighted by molar-refractivity contribution is 7.90. The van der Waals surface area contributed by atoms with E-state index in [1.54, 1.807) is 30.6 Å². The predicted octanol–water partition coefficient (Wildman–Crippen LogP) is 2.45. The topological polar surface area (TPSA) is 84.9 Å². The molecule has 0 fully saturated rings. The maximum atomic E-state index is 11.6. The van der Waals surface area contributed by atoms with Crippen LogP contribution in [-0.2, 0) is 16.4 Å². The van der Waals surface area contributed by atoms with Gasteiger partial charge in [-0.1, -0.05) is 12.1 Å². The van der Waals surface area contributed by atoms with Crippen molar-refractivity contribution in [3.63, 3.8) is 0 Å². The first kappa shape index (κ1) is 15.2. The van der Waals surface area contributed by atoms with Crippen LogP contribution in [0.3, 0.4) is 0 Å². The highest BCUT2D eigenvalue weighted by Gasteiger charge is 2.08. The lowest BCUT2D eigenvalue weighted by Gasteiger charge is -2.07. The Morgan fingerprint density at radius 2 is 2.04 bits per heavy atom. The van der Waals surface area contributed by atoms with Crippen LogP contribution in [0.15, 0.2) is 59.8 Å². The number of nitrogens with zero attached hydrogens (tertiary/aromatic N) is 2. The summed E-state index contributed by atoms with van der Waals surface area (Å²) in [6.07, 6.45) is 4.47. The standard InChI is InChI=1S/C16H15N3O3S/c1-23(20,21)14-4-2-3-12(9-14)11-22-13-5-6-15(17-10-13)16-7-8-18-19-16/h2-10H,11H2,1H3,(H,18,19). The SMILES string of the molecule is CS(=O)(=O)c1cccc(COc2ccc(-c3ccn[nH]3)nc2)c1. The Balaban J connectivity index is 1.69. The molecule has 0 amide bonds. The van der Waals surface area contributed by atoms with Gasteiger partial charge in [-0.2, -0.15) is 5.10 Å². The third-order valence-electron chi connectivity index (χ3n) is 3.25. The molecule has 0 aliphatic carbocycles. The molecule has 6 nitrogen and oxygen atoms in total. The molecule has 0 atom stereocenters. The van der Waals surface area contributed by atoms with Crippen LogP contribution >= 0.6 is 0 Å². The smallest absolute Gasteiger partial charge is 0.175 e. The number of rotatable bonds is 5. The van der Waals surface area contributed by atoms with E-state index in [1.165, 1.54) is 6.26 Å². The molecule has 0 aliphatic heterocycles. The molecule has 2 heterocycles. The molecule has 7 heteroatoms. The summed E-state index contributed by atoms with van der Waals surface area (Å²) < 4.78 is 28.7. The molecule has 0 radical (unpaired) electrons. The largest absolute Gasteiger partial charge is 0.487 e. The number of aromatic nitrogens is 3. The quantitative estimate of drug-likeness (QED) is 0.777. The van der Waals surface area contributed by atoms with Gasteiger partial charge >= 0.3 is 0 Å². The van der Waals surface area contributed by atoms with Crippen molar-refractivity contribution in [1.82, 2.24) is 15.2 Å². The molecule has 0 unspecified atom stereocenters. The summed E-state index contributed by atoms with van der Waals surface area (Å²) in [5.74, 6) is 0.609. The summed E-state index contributed by atoms with van der Waals surface area (Å²) in [4.78, 5) is 4.58. The van der Waals surface area contributed by atoms with Gasteiger partial charge in [-0.15, -0.1) is 0 Å². The van der Waals surface area contributed by atoms with Crippen molar-refractivity contribution in [2.45, 2.75) is 11.5 Å². The van der Waals surface area contributed by atoms with Crippen LogP contribution in [0.5, 0.6) is 5.75 Å². The van der Waals surface area contributed by atoms with Gasteiger partial charge in [0.1, 0.15) is 12.4 Å². The zero-order valence-electron chi connectivity index (χ0n) is 12.4. The fraction of sp³-hybridized carbons (Fsp3) is 0.125. The number of ether oxygens (including phenoxy) is 1. The van der Waals surface area contributed by atoms with E-state index in [4.69, 9.17) is 4.74 Å². The fourth-order valence-corrected chi connectivity index (χ4v) is 2.75. The zero-order chi connectivity index (χ0) is 16.3. The van der Waals surface area contributed by atoms with Crippen molar-refractivity contribution < 1.29 is 13.2 Å². The van der Waals surface area contributed by atoms with Gasteiger partial charge in [-0.05, 0) is 35.9 Å².